The summed E-state index contributed by atoms with van der Waals surface area (Å²) in [6, 6.07) is 7.59. The zero-order valence-corrected chi connectivity index (χ0v) is 13.2. The van der Waals surface area contributed by atoms with E-state index >= 15 is 0 Å². The molecule has 3 aromatic rings. The molecule has 0 fully saturated rings. The zero-order chi connectivity index (χ0) is 17.1. The molecule has 7 heteroatoms. The van der Waals surface area contributed by atoms with E-state index in [-0.39, 0.29) is 11.6 Å². The van der Waals surface area contributed by atoms with E-state index in [9.17, 15) is 9.59 Å². The molecule has 1 unspecified atom stereocenters. The van der Waals surface area contributed by atoms with Gasteiger partial charge in [0.25, 0.3) is 0 Å². The molecule has 120 valence electrons. The molecule has 1 aromatic carbocycles. The monoisotopic (exact) mass is 321 g/mol. The largest absolute Gasteiger partial charge is 0.297 e. The molecule has 1 atom stereocenters. The van der Waals surface area contributed by atoms with E-state index in [1.54, 1.807) is 48.4 Å². The van der Waals surface area contributed by atoms with Crippen LogP contribution in [0.3, 0.4) is 0 Å². The number of aromatic nitrogens is 3. The summed E-state index contributed by atoms with van der Waals surface area (Å²) >= 11 is 0. The van der Waals surface area contributed by atoms with Crippen LogP contribution in [-0.4, -0.2) is 32.4 Å². The Morgan fingerprint density at radius 3 is 2.79 bits per heavy atom. The van der Waals surface area contributed by atoms with Gasteiger partial charge in [-0.05, 0) is 31.2 Å². The van der Waals surface area contributed by atoms with Gasteiger partial charge >= 0.3 is 0 Å². The molecular weight excluding hydrogens is 306 g/mol. The Kier molecular flexibility index (Phi) is 4.24. The van der Waals surface area contributed by atoms with E-state index in [1.165, 1.54) is 13.1 Å². The quantitative estimate of drug-likeness (QED) is 0.410. The Balaban J connectivity index is 1.90. The smallest absolute Gasteiger partial charge is 0.196 e. The van der Waals surface area contributed by atoms with E-state index in [4.69, 9.17) is 0 Å². The van der Waals surface area contributed by atoms with E-state index in [0.717, 1.165) is 10.9 Å². The summed E-state index contributed by atoms with van der Waals surface area (Å²) < 4.78 is 1.56. The summed E-state index contributed by atoms with van der Waals surface area (Å²) in [7, 11) is 1.75. The second-order valence-corrected chi connectivity index (χ2v) is 5.38. The maximum atomic E-state index is 12.6. The van der Waals surface area contributed by atoms with E-state index in [2.05, 4.69) is 20.3 Å². The Hall–Kier alpha value is -3.22. The second-order valence-electron chi connectivity index (χ2n) is 5.38. The molecule has 0 bridgehead atoms. The Bertz CT molecular complexity index is 945. The molecule has 0 radical (unpaired) electrons. The molecule has 0 saturated carbocycles. The van der Waals surface area contributed by atoms with Gasteiger partial charge in [-0.3, -0.25) is 19.3 Å². The normalized spacial score (nSPS) is 12.6. The summed E-state index contributed by atoms with van der Waals surface area (Å²) in [5.74, 6) is -0.750. The molecule has 3 rings (SSSR count). The number of Topliss-reactive ketones (excluding diaryl/α,β-unsaturated/α-hetero) is 2. The Morgan fingerprint density at radius 2 is 2.08 bits per heavy atom. The van der Waals surface area contributed by atoms with Crippen molar-refractivity contribution in [3.63, 3.8) is 0 Å². The first-order valence-electron chi connectivity index (χ1n) is 7.33. The number of pyridine rings is 1. The maximum absolute atomic E-state index is 12.6. The van der Waals surface area contributed by atoms with E-state index < -0.39 is 6.04 Å². The van der Waals surface area contributed by atoms with Crippen molar-refractivity contribution in [2.45, 2.75) is 13.0 Å². The Morgan fingerprint density at radius 1 is 1.25 bits per heavy atom. The lowest BCUT2D eigenvalue weighted by Crippen LogP contribution is -2.26. The van der Waals surface area contributed by atoms with Crippen LogP contribution in [0.25, 0.3) is 10.9 Å². The number of aryl methyl sites for hydroxylation is 1. The summed E-state index contributed by atoms with van der Waals surface area (Å²) in [4.78, 5) is 28.7. The molecule has 0 saturated heterocycles. The van der Waals surface area contributed by atoms with Crippen LogP contribution in [0.4, 0.5) is 5.69 Å². The van der Waals surface area contributed by atoms with Crippen molar-refractivity contribution in [2.75, 3.05) is 0 Å². The van der Waals surface area contributed by atoms with Crippen LogP contribution in [0.1, 0.15) is 17.3 Å². The molecule has 0 aliphatic heterocycles. The van der Waals surface area contributed by atoms with Crippen molar-refractivity contribution in [3.8, 4) is 0 Å². The molecule has 0 N–H and O–H groups in total. The van der Waals surface area contributed by atoms with E-state index in [0.29, 0.717) is 11.3 Å². The van der Waals surface area contributed by atoms with Gasteiger partial charge in [-0.1, -0.05) is 6.07 Å². The Labute approximate surface area is 138 Å². The number of benzene rings is 1. The lowest BCUT2D eigenvalue weighted by atomic mass is 10.0. The van der Waals surface area contributed by atoms with Crippen LogP contribution in [0.15, 0.2) is 59.2 Å². The third kappa shape index (κ3) is 3.24. The predicted molar refractivity (Wildman–Crippen MR) is 88.3 cm³/mol. The van der Waals surface area contributed by atoms with Crippen molar-refractivity contribution < 1.29 is 9.59 Å². The molecule has 2 aromatic heterocycles. The van der Waals surface area contributed by atoms with Gasteiger partial charge in [0.05, 0.1) is 17.9 Å². The maximum Gasteiger partial charge on any atom is 0.196 e. The lowest BCUT2D eigenvalue weighted by molar-refractivity contribution is -0.117. The first kappa shape index (κ1) is 15.7. The number of hydrogen-bond acceptors (Lipinski definition) is 6. The standard InChI is InChI=1S/C17H15N5O2/c1-11(23)16(21-20-14-9-19-22(2)10-14)17(24)13-5-6-15-12(8-13)4-3-7-18-15/h3-10,16H,1-2H3. The number of carbonyl (C=O) groups is 2. The first-order chi connectivity index (χ1) is 11.5. The molecule has 0 aliphatic rings. The minimum absolute atomic E-state index is 0.362. The number of hydrogen-bond donors (Lipinski definition) is 0. The molecule has 24 heavy (non-hydrogen) atoms. The van der Waals surface area contributed by atoms with Gasteiger partial charge in [-0.25, -0.2) is 0 Å². The van der Waals surface area contributed by atoms with Gasteiger partial charge in [0.2, 0.25) is 0 Å². The van der Waals surface area contributed by atoms with Crippen molar-refractivity contribution in [1.82, 2.24) is 14.8 Å². The van der Waals surface area contributed by atoms with Gasteiger partial charge in [0, 0.05) is 24.2 Å². The van der Waals surface area contributed by atoms with Crippen LogP contribution in [0.5, 0.6) is 0 Å². The highest BCUT2D eigenvalue weighted by Crippen LogP contribution is 2.17. The van der Waals surface area contributed by atoms with Crippen molar-refractivity contribution in [2.24, 2.45) is 17.3 Å². The molecule has 0 aliphatic carbocycles. The molecule has 7 nitrogen and oxygen atoms in total. The van der Waals surface area contributed by atoms with Crippen LogP contribution in [0.2, 0.25) is 0 Å². The molecule has 0 amide bonds. The topological polar surface area (TPSA) is 89.6 Å². The van der Waals surface area contributed by atoms with Gasteiger partial charge in [-0.15, -0.1) is 0 Å². The molecular formula is C17H15N5O2. The molecule has 2 heterocycles. The number of ketones is 2. The average molecular weight is 321 g/mol. The third-order valence-corrected chi connectivity index (χ3v) is 3.50. The summed E-state index contributed by atoms with van der Waals surface area (Å²) in [5, 5.41) is 12.7. The first-order valence-corrected chi connectivity index (χ1v) is 7.33. The minimum Gasteiger partial charge on any atom is -0.297 e. The summed E-state index contributed by atoms with van der Waals surface area (Å²) in [5.41, 5.74) is 1.67. The number of nitrogens with zero attached hydrogens (tertiary/aromatic N) is 5. The van der Waals surface area contributed by atoms with E-state index in [1.807, 2.05) is 6.07 Å². The van der Waals surface area contributed by atoms with Crippen LogP contribution in [0, 0.1) is 0 Å². The highest BCUT2D eigenvalue weighted by Gasteiger charge is 2.24. The SMILES string of the molecule is CC(=O)C(N=Nc1cnn(C)c1)C(=O)c1ccc2ncccc2c1. The van der Waals surface area contributed by atoms with Crippen LogP contribution in [-0.2, 0) is 11.8 Å². The van der Waals surface area contributed by atoms with Gasteiger partial charge < -0.3 is 0 Å². The third-order valence-electron chi connectivity index (χ3n) is 3.50. The zero-order valence-electron chi connectivity index (χ0n) is 13.2. The number of fused-ring (bicyclic) bond motifs is 1. The fourth-order valence-electron chi connectivity index (χ4n) is 2.29. The van der Waals surface area contributed by atoms with Crippen molar-refractivity contribution >= 4 is 28.2 Å². The number of carbonyl (C=O) groups excluding carboxylic acids is 2. The van der Waals surface area contributed by atoms with Gasteiger partial charge in [-0.2, -0.15) is 15.3 Å². The van der Waals surface area contributed by atoms with Crippen LogP contribution < -0.4 is 0 Å². The number of rotatable bonds is 5. The van der Waals surface area contributed by atoms with Crippen molar-refractivity contribution in [1.29, 1.82) is 0 Å². The lowest BCUT2D eigenvalue weighted by Gasteiger charge is -2.07. The highest BCUT2D eigenvalue weighted by molar-refractivity contribution is 6.14. The van der Waals surface area contributed by atoms with Gasteiger partial charge in [0.1, 0.15) is 5.69 Å². The van der Waals surface area contributed by atoms with Crippen molar-refractivity contribution in [3.05, 3.63) is 54.5 Å². The van der Waals surface area contributed by atoms with Gasteiger partial charge in [0.15, 0.2) is 17.6 Å². The van der Waals surface area contributed by atoms with Crippen LogP contribution >= 0.6 is 0 Å². The fourth-order valence-corrected chi connectivity index (χ4v) is 2.29. The second kappa shape index (κ2) is 6.49. The summed E-state index contributed by atoms with van der Waals surface area (Å²) in [6.07, 6.45) is 4.84. The predicted octanol–water partition coefficient (Wildman–Crippen LogP) is 2.89. The number of azo groups is 1. The fraction of sp³-hybridized carbons (Fsp3) is 0.176. The minimum atomic E-state index is -1.17. The average Bonchev–Trinajstić information content (AvgIpc) is 2.99. The molecule has 0 spiro atoms. The summed E-state index contributed by atoms with van der Waals surface area (Å²) in [6.45, 7) is 1.33. The highest BCUT2D eigenvalue weighted by atomic mass is 16.2.